The third-order valence-corrected chi connectivity index (χ3v) is 7.67. The first-order valence-electron chi connectivity index (χ1n) is 12.7. The zero-order valence-corrected chi connectivity index (χ0v) is 25.1. The highest BCUT2D eigenvalue weighted by molar-refractivity contribution is 6.42. The summed E-state index contributed by atoms with van der Waals surface area (Å²) >= 11 is 18.3. The zero-order chi connectivity index (χ0) is 30.9. The quantitative estimate of drug-likeness (QED) is 0.252. The predicted octanol–water partition coefficient (Wildman–Crippen LogP) is 7.44. The van der Waals surface area contributed by atoms with E-state index in [-0.39, 0.29) is 52.9 Å². The summed E-state index contributed by atoms with van der Waals surface area (Å²) < 4.78 is 44.0. The van der Waals surface area contributed by atoms with Crippen molar-refractivity contribution in [2.75, 3.05) is 13.1 Å². The van der Waals surface area contributed by atoms with Gasteiger partial charge in [0.2, 0.25) is 0 Å². The number of benzene rings is 1. The van der Waals surface area contributed by atoms with Crippen LogP contribution < -0.4 is 0 Å². The minimum absolute atomic E-state index is 0.0739. The average molecular weight is 635 g/mol. The molecule has 0 saturated heterocycles. The Balaban J connectivity index is 2.01. The summed E-state index contributed by atoms with van der Waals surface area (Å²) in [6.07, 6.45) is -3.57. The maximum absolute atomic E-state index is 14.4. The Morgan fingerprint density at radius 2 is 1.68 bits per heavy atom. The molecule has 2 aromatic rings. The van der Waals surface area contributed by atoms with E-state index < -0.39 is 58.5 Å². The number of hydrogen-bond donors (Lipinski definition) is 1. The fraction of sp³-hybridized carbons (Fsp3) is 0.500. The molecule has 1 fully saturated rings. The van der Waals surface area contributed by atoms with Crippen LogP contribution in [0.1, 0.15) is 85.8 Å². The summed E-state index contributed by atoms with van der Waals surface area (Å²) in [5.74, 6) is 2.84. The molecule has 1 saturated carbocycles. The fourth-order valence-electron chi connectivity index (χ4n) is 4.61. The molecular formula is C28H29Cl3F3N3O4. The van der Waals surface area contributed by atoms with Crippen LogP contribution in [0, 0.1) is 22.7 Å². The Bertz CT molecular complexity index is 1390. The van der Waals surface area contributed by atoms with Crippen molar-refractivity contribution in [2.45, 2.75) is 65.6 Å². The molecule has 1 heterocycles. The zero-order valence-electron chi connectivity index (χ0n) is 22.8. The summed E-state index contributed by atoms with van der Waals surface area (Å²) in [4.78, 5) is 39.3. The van der Waals surface area contributed by atoms with Gasteiger partial charge in [-0.1, -0.05) is 46.6 Å². The van der Waals surface area contributed by atoms with Crippen LogP contribution in [0.3, 0.4) is 0 Å². The molecule has 1 N–H and O–H groups in total. The molecule has 7 nitrogen and oxygen atoms in total. The summed E-state index contributed by atoms with van der Waals surface area (Å²) in [6.45, 7) is 5.98. The van der Waals surface area contributed by atoms with Crippen LogP contribution in [0.15, 0.2) is 18.3 Å². The van der Waals surface area contributed by atoms with Gasteiger partial charge >= 0.3 is 12.1 Å². The Morgan fingerprint density at radius 1 is 1.12 bits per heavy atom. The van der Waals surface area contributed by atoms with Crippen LogP contribution in [0.25, 0.3) is 0 Å². The molecule has 0 bridgehead atoms. The minimum Gasteiger partial charge on any atom is -0.481 e. The number of ketones is 1. The first-order valence-corrected chi connectivity index (χ1v) is 13.8. The van der Waals surface area contributed by atoms with Gasteiger partial charge in [-0.3, -0.25) is 19.1 Å². The number of aliphatic carboxylic acids is 1. The van der Waals surface area contributed by atoms with Crippen LogP contribution in [0.2, 0.25) is 15.1 Å². The van der Waals surface area contributed by atoms with Gasteiger partial charge in [0.15, 0.2) is 11.5 Å². The monoisotopic (exact) mass is 633 g/mol. The Labute approximate surface area is 250 Å². The van der Waals surface area contributed by atoms with Crippen molar-refractivity contribution in [1.82, 2.24) is 14.7 Å². The van der Waals surface area contributed by atoms with E-state index in [2.05, 4.69) is 16.9 Å². The number of aromatic nitrogens is 2. The van der Waals surface area contributed by atoms with E-state index in [0.717, 1.165) is 15.8 Å². The molecule has 1 amide bonds. The van der Waals surface area contributed by atoms with Crippen LogP contribution in [-0.4, -0.2) is 50.5 Å². The van der Waals surface area contributed by atoms with Gasteiger partial charge in [0.1, 0.15) is 0 Å². The molecule has 41 heavy (non-hydrogen) atoms. The van der Waals surface area contributed by atoms with Crippen LogP contribution in [0.5, 0.6) is 0 Å². The summed E-state index contributed by atoms with van der Waals surface area (Å²) in [5.41, 5.74) is -3.67. The van der Waals surface area contributed by atoms with Crippen molar-refractivity contribution in [2.24, 2.45) is 10.8 Å². The van der Waals surface area contributed by atoms with E-state index in [4.69, 9.17) is 34.8 Å². The van der Waals surface area contributed by atoms with Gasteiger partial charge in [-0.2, -0.15) is 18.3 Å². The van der Waals surface area contributed by atoms with Gasteiger partial charge in [0.25, 0.3) is 5.91 Å². The summed E-state index contributed by atoms with van der Waals surface area (Å²) in [7, 11) is 0. The molecule has 3 rings (SSSR count). The van der Waals surface area contributed by atoms with Gasteiger partial charge in [-0.15, -0.1) is 0 Å². The van der Waals surface area contributed by atoms with Crippen molar-refractivity contribution in [3.05, 3.63) is 50.2 Å². The number of rotatable bonds is 7. The number of carboxylic acids is 1. The van der Waals surface area contributed by atoms with Crippen LogP contribution in [0.4, 0.5) is 13.2 Å². The molecule has 1 aromatic heterocycles. The normalized spacial score (nSPS) is 19.3. The number of carbonyl (C=O) groups is 3. The average Bonchev–Trinajstić information content (AvgIpc) is 3.28. The maximum Gasteiger partial charge on any atom is 0.433 e. The van der Waals surface area contributed by atoms with Crippen LogP contribution >= 0.6 is 34.8 Å². The fourth-order valence-corrected chi connectivity index (χ4v) is 5.64. The van der Waals surface area contributed by atoms with Gasteiger partial charge < -0.3 is 10.0 Å². The highest BCUT2D eigenvalue weighted by Gasteiger charge is 2.45. The smallest absolute Gasteiger partial charge is 0.433 e. The number of hydrogen-bond acceptors (Lipinski definition) is 4. The second kappa shape index (κ2) is 12.2. The number of carboxylic acid groups (broad SMARTS) is 1. The van der Waals surface area contributed by atoms with Gasteiger partial charge in [-0.05, 0) is 65.5 Å². The molecule has 1 aliphatic carbocycles. The highest BCUT2D eigenvalue weighted by Crippen LogP contribution is 2.43. The SMILES string of the molecule is CC(C)(C)C#CCN(CC(=O)c1c(Cl)cc(Cl)cc1Cl)C(=O)c1cnn([C@H]2CC[C@](C)(C(=O)O)CC2)c1C(F)(F)F. The van der Waals surface area contributed by atoms with Gasteiger partial charge in [-0.25, -0.2) is 0 Å². The van der Waals surface area contributed by atoms with Crippen molar-refractivity contribution in [3.8, 4) is 11.8 Å². The highest BCUT2D eigenvalue weighted by atomic mass is 35.5. The third kappa shape index (κ3) is 7.76. The van der Waals surface area contributed by atoms with E-state index in [9.17, 15) is 32.7 Å². The van der Waals surface area contributed by atoms with Crippen molar-refractivity contribution < 1.29 is 32.7 Å². The second-order valence-corrected chi connectivity index (χ2v) is 12.6. The van der Waals surface area contributed by atoms with Crippen LogP contribution in [-0.2, 0) is 11.0 Å². The molecular weight excluding hydrogens is 606 g/mol. The lowest BCUT2D eigenvalue weighted by atomic mass is 9.74. The maximum atomic E-state index is 14.4. The minimum atomic E-state index is -4.97. The number of alkyl halides is 3. The molecule has 222 valence electrons. The predicted molar refractivity (Wildman–Crippen MR) is 149 cm³/mol. The first-order chi connectivity index (χ1) is 18.8. The van der Waals surface area contributed by atoms with Crippen molar-refractivity contribution in [1.29, 1.82) is 0 Å². The second-order valence-electron chi connectivity index (χ2n) is 11.3. The lowest BCUT2D eigenvalue weighted by Crippen LogP contribution is -2.38. The van der Waals surface area contributed by atoms with Crippen molar-refractivity contribution in [3.63, 3.8) is 0 Å². The molecule has 1 aliphatic rings. The van der Waals surface area contributed by atoms with Gasteiger partial charge in [0, 0.05) is 10.4 Å². The van der Waals surface area contributed by atoms with Gasteiger partial charge in [0.05, 0.1) is 51.9 Å². The largest absolute Gasteiger partial charge is 0.481 e. The summed E-state index contributed by atoms with van der Waals surface area (Å²) in [6, 6.07) is 1.82. The standard InChI is InChI=1S/C28H29Cl3F3N3O4/c1-26(2,3)8-5-11-36(15-21(38)22-19(30)12-16(29)13-20(22)31)24(39)18-14-35-37(23(18)28(32,33)34)17-6-9-27(4,10-7-17)25(40)41/h12-14,17H,6-7,9-11,15H2,1-4H3,(H,40,41)/t17-,27-. The topological polar surface area (TPSA) is 92.5 Å². The summed E-state index contributed by atoms with van der Waals surface area (Å²) in [5, 5.41) is 13.4. The number of halogens is 6. The lowest BCUT2D eigenvalue weighted by Gasteiger charge is -2.34. The number of Topliss-reactive ketones (excluding diaryl/α,β-unsaturated/α-hetero) is 1. The number of amides is 1. The first kappa shape index (κ1) is 32.8. The number of carbonyl (C=O) groups excluding carboxylic acids is 2. The van der Waals surface area contributed by atoms with E-state index >= 15 is 0 Å². The molecule has 13 heteroatoms. The molecule has 0 unspecified atom stereocenters. The molecule has 1 aromatic carbocycles. The lowest BCUT2D eigenvalue weighted by molar-refractivity contribution is -0.152. The Kier molecular flexibility index (Phi) is 9.78. The third-order valence-electron chi connectivity index (χ3n) is 6.86. The molecule has 0 atom stereocenters. The Hall–Kier alpha value is -2.74. The molecule has 0 radical (unpaired) electrons. The van der Waals surface area contributed by atoms with E-state index in [1.807, 2.05) is 20.8 Å². The van der Waals surface area contributed by atoms with E-state index in [1.165, 1.54) is 12.1 Å². The van der Waals surface area contributed by atoms with E-state index in [0.29, 0.717) is 0 Å². The van der Waals surface area contributed by atoms with Crippen molar-refractivity contribution >= 4 is 52.5 Å². The Morgan fingerprint density at radius 3 is 2.17 bits per heavy atom. The number of nitrogens with zero attached hydrogens (tertiary/aromatic N) is 3. The molecule has 0 aliphatic heterocycles. The molecule has 0 spiro atoms. The van der Waals surface area contributed by atoms with E-state index in [1.54, 1.807) is 6.92 Å².